The van der Waals surface area contributed by atoms with Crippen LogP contribution in [0.5, 0.6) is 0 Å². The second-order valence-electron chi connectivity index (χ2n) is 2.28. The van der Waals surface area contributed by atoms with Crippen LogP contribution in [0.1, 0.15) is 13.8 Å². The van der Waals surface area contributed by atoms with E-state index in [4.69, 9.17) is 5.26 Å². The SMILES string of the molecule is CCNC(=O)NC(=O)C(C#N)=NOCC. The van der Waals surface area contributed by atoms with Crippen molar-refractivity contribution in [1.82, 2.24) is 10.6 Å². The maximum atomic E-state index is 11.2. The fraction of sp³-hybridized carbons (Fsp3) is 0.500. The van der Waals surface area contributed by atoms with Gasteiger partial charge >= 0.3 is 6.03 Å². The van der Waals surface area contributed by atoms with Crippen LogP contribution < -0.4 is 10.6 Å². The Morgan fingerprint density at radius 1 is 1.47 bits per heavy atom. The molecular weight excluding hydrogens is 200 g/mol. The van der Waals surface area contributed by atoms with Gasteiger partial charge in [0.15, 0.2) is 0 Å². The number of amides is 3. The van der Waals surface area contributed by atoms with Crippen molar-refractivity contribution in [2.24, 2.45) is 5.16 Å². The Kier molecular flexibility index (Phi) is 6.29. The van der Waals surface area contributed by atoms with Crippen molar-refractivity contribution in [3.63, 3.8) is 0 Å². The smallest absolute Gasteiger partial charge is 0.321 e. The van der Waals surface area contributed by atoms with Gasteiger partial charge in [0.25, 0.3) is 5.91 Å². The van der Waals surface area contributed by atoms with E-state index in [1.807, 2.05) is 5.32 Å². The molecule has 0 rings (SSSR count). The molecule has 7 nitrogen and oxygen atoms in total. The summed E-state index contributed by atoms with van der Waals surface area (Å²) in [6.45, 7) is 3.97. The van der Waals surface area contributed by atoms with Crippen LogP contribution in [-0.4, -0.2) is 30.8 Å². The van der Waals surface area contributed by atoms with Crippen molar-refractivity contribution in [2.75, 3.05) is 13.2 Å². The van der Waals surface area contributed by atoms with E-state index in [0.717, 1.165) is 0 Å². The molecule has 0 aromatic rings. The molecule has 3 amide bonds. The molecule has 0 aliphatic heterocycles. The minimum Gasteiger partial charge on any atom is -0.395 e. The van der Waals surface area contributed by atoms with E-state index in [-0.39, 0.29) is 6.61 Å². The van der Waals surface area contributed by atoms with Gasteiger partial charge in [-0.1, -0.05) is 5.16 Å². The number of hydrogen-bond acceptors (Lipinski definition) is 5. The van der Waals surface area contributed by atoms with E-state index in [0.29, 0.717) is 6.54 Å². The highest BCUT2D eigenvalue weighted by atomic mass is 16.6. The van der Waals surface area contributed by atoms with Crippen molar-refractivity contribution in [3.05, 3.63) is 0 Å². The molecular formula is C8H12N4O3. The number of nitrogens with one attached hydrogen (secondary N) is 2. The molecule has 0 saturated heterocycles. The second-order valence-corrected chi connectivity index (χ2v) is 2.28. The van der Waals surface area contributed by atoms with Gasteiger partial charge in [0, 0.05) is 6.54 Å². The largest absolute Gasteiger partial charge is 0.395 e. The molecule has 0 unspecified atom stereocenters. The van der Waals surface area contributed by atoms with Crippen molar-refractivity contribution >= 4 is 17.6 Å². The first-order valence-electron chi connectivity index (χ1n) is 4.34. The van der Waals surface area contributed by atoms with E-state index >= 15 is 0 Å². The van der Waals surface area contributed by atoms with Gasteiger partial charge in [0.1, 0.15) is 12.7 Å². The molecule has 82 valence electrons. The Hall–Kier alpha value is -2.10. The summed E-state index contributed by atoms with van der Waals surface area (Å²) in [6.07, 6.45) is 0. The second kappa shape index (κ2) is 7.32. The molecule has 0 aliphatic rings. The van der Waals surface area contributed by atoms with E-state index in [2.05, 4.69) is 15.3 Å². The predicted molar refractivity (Wildman–Crippen MR) is 51.9 cm³/mol. The third kappa shape index (κ3) is 5.25. The lowest BCUT2D eigenvalue weighted by molar-refractivity contribution is -0.113. The molecule has 15 heavy (non-hydrogen) atoms. The molecule has 0 radical (unpaired) electrons. The molecule has 0 bridgehead atoms. The zero-order valence-corrected chi connectivity index (χ0v) is 8.53. The van der Waals surface area contributed by atoms with Crippen molar-refractivity contribution in [2.45, 2.75) is 13.8 Å². The summed E-state index contributed by atoms with van der Waals surface area (Å²) < 4.78 is 0. The summed E-state index contributed by atoms with van der Waals surface area (Å²) in [4.78, 5) is 26.6. The van der Waals surface area contributed by atoms with Crippen LogP contribution in [-0.2, 0) is 9.63 Å². The number of oxime groups is 1. The maximum Gasteiger partial charge on any atom is 0.321 e. The highest BCUT2D eigenvalue weighted by Crippen LogP contribution is 1.82. The van der Waals surface area contributed by atoms with Crippen molar-refractivity contribution in [3.8, 4) is 6.07 Å². The van der Waals surface area contributed by atoms with Gasteiger partial charge in [-0.3, -0.25) is 10.1 Å². The number of imide groups is 1. The molecule has 0 aliphatic carbocycles. The molecule has 0 atom stereocenters. The highest BCUT2D eigenvalue weighted by molar-refractivity contribution is 6.46. The molecule has 2 N–H and O–H groups in total. The fourth-order valence-electron chi connectivity index (χ4n) is 0.609. The lowest BCUT2D eigenvalue weighted by atomic mass is 10.4. The number of rotatable bonds is 4. The van der Waals surface area contributed by atoms with E-state index < -0.39 is 17.6 Å². The van der Waals surface area contributed by atoms with Crippen LogP contribution in [0.4, 0.5) is 4.79 Å². The zero-order valence-electron chi connectivity index (χ0n) is 8.53. The zero-order chi connectivity index (χ0) is 11.7. The van der Waals surface area contributed by atoms with Crippen LogP contribution in [0.2, 0.25) is 0 Å². The van der Waals surface area contributed by atoms with Crippen LogP contribution in [0.3, 0.4) is 0 Å². The van der Waals surface area contributed by atoms with Gasteiger partial charge in [0.05, 0.1) is 0 Å². The summed E-state index contributed by atoms with van der Waals surface area (Å²) in [7, 11) is 0. The van der Waals surface area contributed by atoms with E-state index in [9.17, 15) is 9.59 Å². The summed E-state index contributed by atoms with van der Waals surface area (Å²) in [5, 5.41) is 16.0. The topological polar surface area (TPSA) is 104 Å². The molecule has 0 aromatic carbocycles. The number of carbonyl (C=O) groups is 2. The average molecular weight is 212 g/mol. The third-order valence-corrected chi connectivity index (χ3v) is 1.17. The van der Waals surface area contributed by atoms with Gasteiger partial charge in [-0.15, -0.1) is 0 Å². The number of urea groups is 1. The lowest BCUT2D eigenvalue weighted by Crippen LogP contribution is -2.42. The Morgan fingerprint density at radius 3 is 2.60 bits per heavy atom. The van der Waals surface area contributed by atoms with Crippen LogP contribution in [0.25, 0.3) is 0 Å². The maximum absolute atomic E-state index is 11.2. The Bertz CT molecular complexity index is 305. The number of nitriles is 1. The summed E-state index contributed by atoms with van der Waals surface area (Å²) >= 11 is 0. The van der Waals surface area contributed by atoms with Gasteiger partial charge in [-0.05, 0) is 13.8 Å². The minimum atomic E-state index is -0.892. The first-order chi connectivity index (χ1) is 7.15. The van der Waals surface area contributed by atoms with E-state index in [1.54, 1.807) is 13.8 Å². The monoisotopic (exact) mass is 212 g/mol. The Morgan fingerprint density at radius 2 is 2.13 bits per heavy atom. The van der Waals surface area contributed by atoms with E-state index in [1.165, 1.54) is 6.07 Å². The van der Waals surface area contributed by atoms with Gasteiger partial charge < -0.3 is 10.2 Å². The first-order valence-corrected chi connectivity index (χ1v) is 4.34. The predicted octanol–water partition coefficient (Wildman–Crippen LogP) is -0.252. The number of carbonyl (C=O) groups excluding carboxylic acids is 2. The summed E-state index contributed by atoms with van der Waals surface area (Å²) in [5.41, 5.74) is -0.497. The Labute approximate surface area is 87.1 Å². The van der Waals surface area contributed by atoms with Crippen molar-refractivity contribution in [1.29, 1.82) is 5.26 Å². The highest BCUT2D eigenvalue weighted by Gasteiger charge is 2.14. The molecule has 0 fully saturated rings. The van der Waals surface area contributed by atoms with Gasteiger partial charge in [-0.2, -0.15) is 5.26 Å². The first kappa shape index (κ1) is 12.9. The van der Waals surface area contributed by atoms with Crippen LogP contribution >= 0.6 is 0 Å². The normalized spacial score (nSPS) is 10.1. The number of hydrogen-bond donors (Lipinski definition) is 2. The third-order valence-electron chi connectivity index (χ3n) is 1.17. The molecule has 0 saturated carbocycles. The van der Waals surface area contributed by atoms with Gasteiger partial charge in [-0.25, -0.2) is 4.79 Å². The molecule has 0 heterocycles. The fourth-order valence-corrected chi connectivity index (χ4v) is 0.609. The lowest BCUT2D eigenvalue weighted by Gasteiger charge is -2.02. The van der Waals surface area contributed by atoms with Crippen molar-refractivity contribution < 1.29 is 14.4 Å². The molecule has 0 aromatic heterocycles. The average Bonchev–Trinajstić information content (AvgIpc) is 2.19. The van der Waals surface area contributed by atoms with Crippen LogP contribution in [0.15, 0.2) is 5.16 Å². The Balaban J connectivity index is 4.30. The standard InChI is InChI=1S/C8H12N4O3/c1-3-10-8(14)11-7(13)6(5-9)12-15-4-2/h3-4H2,1-2H3,(H2,10,11,13,14). The summed E-state index contributed by atoms with van der Waals surface area (Å²) in [6, 6.07) is 0.838. The summed E-state index contributed by atoms with van der Waals surface area (Å²) in [5.74, 6) is -0.892. The van der Waals surface area contributed by atoms with Gasteiger partial charge in [0.2, 0.25) is 5.71 Å². The quantitative estimate of drug-likeness (QED) is 0.495. The molecule has 0 spiro atoms. The number of nitrogens with zero attached hydrogens (tertiary/aromatic N) is 2. The minimum absolute atomic E-state index is 0.236. The molecule has 7 heteroatoms. The van der Waals surface area contributed by atoms with Crippen LogP contribution in [0, 0.1) is 11.3 Å².